The van der Waals surface area contributed by atoms with E-state index >= 15 is 0 Å². The summed E-state index contributed by atoms with van der Waals surface area (Å²) in [6.45, 7) is 2.48. The summed E-state index contributed by atoms with van der Waals surface area (Å²) < 4.78 is 13.9. The average molecular weight is 329 g/mol. The van der Waals surface area contributed by atoms with Crippen LogP contribution in [0.4, 0.5) is 4.39 Å². The second-order valence-electron chi connectivity index (χ2n) is 5.01. The Balaban J connectivity index is 2.27. The largest absolute Gasteiger partial charge is 0.332 e. The summed E-state index contributed by atoms with van der Waals surface area (Å²) in [5.41, 5.74) is 6.13. The molecule has 0 radical (unpaired) electrons. The van der Waals surface area contributed by atoms with Crippen LogP contribution in [0, 0.1) is 5.82 Å². The van der Waals surface area contributed by atoms with Gasteiger partial charge in [-0.05, 0) is 60.3 Å². The van der Waals surface area contributed by atoms with Crippen molar-refractivity contribution in [1.82, 2.24) is 4.90 Å². The number of nitrogens with two attached hydrogens (primary N) is 1. The SMILES string of the molecule is CC1CCCC(CN)N1C(=O)c1ccc(Br)c(F)c1. The zero-order valence-corrected chi connectivity index (χ0v) is 12.5. The molecule has 2 N–H and O–H groups in total. The number of rotatable bonds is 2. The average Bonchev–Trinajstić information content (AvgIpc) is 2.40. The molecule has 0 bridgehead atoms. The van der Waals surface area contributed by atoms with Gasteiger partial charge in [-0.25, -0.2) is 4.39 Å². The Morgan fingerprint density at radius 3 is 2.89 bits per heavy atom. The fraction of sp³-hybridized carbons (Fsp3) is 0.500. The van der Waals surface area contributed by atoms with Crippen LogP contribution in [-0.2, 0) is 0 Å². The molecule has 3 nitrogen and oxygen atoms in total. The highest BCUT2D eigenvalue weighted by Gasteiger charge is 2.31. The third kappa shape index (κ3) is 2.98. The van der Waals surface area contributed by atoms with E-state index in [4.69, 9.17) is 5.73 Å². The number of carbonyl (C=O) groups is 1. The fourth-order valence-corrected chi connectivity index (χ4v) is 2.91. The van der Waals surface area contributed by atoms with Gasteiger partial charge in [-0.2, -0.15) is 0 Å². The topological polar surface area (TPSA) is 46.3 Å². The molecule has 0 aromatic heterocycles. The molecular weight excluding hydrogens is 311 g/mol. The molecule has 19 heavy (non-hydrogen) atoms. The van der Waals surface area contributed by atoms with Crippen molar-refractivity contribution >= 4 is 21.8 Å². The Bertz CT molecular complexity index is 481. The van der Waals surface area contributed by atoms with Crippen molar-refractivity contribution in [2.24, 2.45) is 5.73 Å². The van der Waals surface area contributed by atoms with Gasteiger partial charge in [0.25, 0.3) is 5.91 Å². The summed E-state index contributed by atoms with van der Waals surface area (Å²) >= 11 is 3.09. The van der Waals surface area contributed by atoms with E-state index in [1.165, 1.54) is 6.07 Å². The van der Waals surface area contributed by atoms with Crippen LogP contribution in [0.2, 0.25) is 0 Å². The van der Waals surface area contributed by atoms with Crippen LogP contribution in [0.5, 0.6) is 0 Å². The van der Waals surface area contributed by atoms with E-state index < -0.39 is 5.82 Å². The first-order valence-corrected chi connectivity index (χ1v) is 7.31. The zero-order valence-electron chi connectivity index (χ0n) is 10.9. The minimum atomic E-state index is -0.417. The van der Waals surface area contributed by atoms with Gasteiger partial charge in [-0.3, -0.25) is 4.79 Å². The zero-order chi connectivity index (χ0) is 14.0. The van der Waals surface area contributed by atoms with Crippen LogP contribution in [0.25, 0.3) is 0 Å². The highest BCUT2D eigenvalue weighted by atomic mass is 79.9. The summed E-state index contributed by atoms with van der Waals surface area (Å²) in [5, 5.41) is 0. The molecule has 104 valence electrons. The number of nitrogens with zero attached hydrogens (tertiary/aromatic N) is 1. The molecule has 1 saturated heterocycles. The van der Waals surface area contributed by atoms with Crippen LogP contribution in [0.15, 0.2) is 22.7 Å². The van der Waals surface area contributed by atoms with Gasteiger partial charge in [0.15, 0.2) is 0 Å². The van der Waals surface area contributed by atoms with Crippen molar-refractivity contribution in [1.29, 1.82) is 0 Å². The van der Waals surface area contributed by atoms with E-state index in [9.17, 15) is 9.18 Å². The standard InChI is InChI=1S/C14H18BrFN2O/c1-9-3-2-4-11(8-17)18(9)14(19)10-5-6-12(15)13(16)7-10/h5-7,9,11H,2-4,8,17H2,1H3. The van der Waals surface area contributed by atoms with E-state index in [-0.39, 0.29) is 18.0 Å². The van der Waals surface area contributed by atoms with Crippen LogP contribution in [0.1, 0.15) is 36.5 Å². The van der Waals surface area contributed by atoms with E-state index in [0.717, 1.165) is 19.3 Å². The second kappa shape index (κ2) is 6.01. The quantitative estimate of drug-likeness (QED) is 0.907. The number of piperidine rings is 1. The molecule has 5 heteroatoms. The van der Waals surface area contributed by atoms with Gasteiger partial charge in [-0.15, -0.1) is 0 Å². The highest BCUT2D eigenvalue weighted by molar-refractivity contribution is 9.10. The normalized spacial score (nSPS) is 23.5. The molecule has 1 fully saturated rings. The van der Waals surface area contributed by atoms with Gasteiger partial charge in [0, 0.05) is 24.2 Å². The molecule has 0 aliphatic carbocycles. The van der Waals surface area contributed by atoms with E-state index in [2.05, 4.69) is 15.9 Å². The molecule has 0 spiro atoms. The molecule has 2 rings (SSSR count). The Morgan fingerprint density at radius 2 is 2.26 bits per heavy atom. The Morgan fingerprint density at radius 1 is 1.53 bits per heavy atom. The number of hydrogen-bond acceptors (Lipinski definition) is 2. The number of halogens is 2. The molecule has 1 aliphatic heterocycles. The first-order valence-electron chi connectivity index (χ1n) is 6.52. The van der Waals surface area contributed by atoms with Crippen molar-refractivity contribution in [3.05, 3.63) is 34.1 Å². The van der Waals surface area contributed by atoms with Gasteiger partial charge in [0.1, 0.15) is 5.82 Å². The van der Waals surface area contributed by atoms with Crippen LogP contribution in [-0.4, -0.2) is 29.4 Å². The summed E-state index contributed by atoms with van der Waals surface area (Å²) in [7, 11) is 0. The fourth-order valence-electron chi connectivity index (χ4n) is 2.66. The highest BCUT2D eigenvalue weighted by Crippen LogP contribution is 2.25. The molecule has 1 heterocycles. The van der Waals surface area contributed by atoms with Gasteiger partial charge in [-0.1, -0.05) is 0 Å². The first-order chi connectivity index (χ1) is 9.04. The van der Waals surface area contributed by atoms with Crippen molar-refractivity contribution < 1.29 is 9.18 Å². The minimum absolute atomic E-state index is 0.0583. The number of hydrogen-bond donors (Lipinski definition) is 1. The predicted octanol–water partition coefficient (Wildman–Crippen LogP) is 2.93. The molecule has 2 unspecified atom stereocenters. The smallest absolute Gasteiger partial charge is 0.254 e. The lowest BCUT2D eigenvalue weighted by Gasteiger charge is -2.40. The predicted molar refractivity (Wildman–Crippen MR) is 76.4 cm³/mol. The van der Waals surface area contributed by atoms with Crippen LogP contribution in [0.3, 0.4) is 0 Å². The van der Waals surface area contributed by atoms with Gasteiger partial charge in [0.05, 0.1) is 4.47 Å². The number of carbonyl (C=O) groups excluding carboxylic acids is 1. The molecule has 1 aliphatic rings. The molecule has 1 amide bonds. The first kappa shape index (κ1) is 14.5. The summed E-state index contributed by atoms with van der Waals surface area (Å²) in [5.74, 6) is -0.547. The van der Waals surface area contributed by atoms with E-state index in [0.29, 0.717) is 16.6 Å². The molecular formula is C14H18BrFN2O. The molecule has 1 aromatic rings. The Kier molecular flexibility index (Phi) is 4.58. The molecule has 1 aromatic carbocycles. The number of benzene rings is 1. The Hall–Kier alpha value is -0.940. The Labute approximate surface area is 121 Å². The van der Waals surface area contributed by atoms with E-state index in [1.807, 2.05) is 11.8 Å². The third-order valence-electron chi connectivity index (χ3n) is 3.70. The summed E-state index contributed by atoms with van der Waals surface area (Å²) in [6, 6.07) is 4.70. The van der Waals surface area contributed by atoms with Gasteiger partial charge < -0.3 is 10.6 Å². The van der Waals surface area contributed by atoms with Crippen molar-refractivity contribution in [3.63, 3.8) is 0 Å². The van der Waals surface area contributed by atoms with Crippen molar-refractivity contribution in [2.45, 2.75) is 38.3 Å². The minimum Gasteiger partial charge on any atom is -0.332 e. The number of amides is 1. The lowest BCUT2D eigenvalue weighted by Crippen LogP contribution is -2.51. The maximum Gasteiger partial charge on any atom is 0.254 e. The van der Waals surface area contributed by atoms with Crippen LogP contribution < -0.4 is 5.73 Å². The monoisotopic (exact) mass is 328 g/mol. The summed E-state index contributed by atoms with van der Waals surface area (Å²) in [6.07, 6.45) is 2.98. The van der Waals surface area contributed by atoms with Crippen LogP contribution >= 0.6 is 15.9 Å². The lowest BCUT2D eigenvalue weighted by molar-refractivity contribution is 0.0493. The number of likely N-dealkylation sites (tertiary alicyclic amines) is 1. The maximum atomic E-state index is 13.5. The molecule has 0 saturated carbocycles. The maximum absolute atomic E-state index is 13.5. The third-order valence-corrected chi connectivity index (χ3v) is 4.34. The van der Waals surface area contributed by atoms with Crippen molar-refractivity contribution in [3.8, 4) is 0 Å². The molecule has 2 atom stereocenters. The summed E-state index contributed by atoms with van der Waals surface area (Å²) in [4.78, 5) is 14.3. The lowest BCUT2D eigenvalue weighted by atomic mass is 9.95. The van der Waals surface area contributed by atoms with Gasteiger partial charge in [0.2, 0.25) is 0 Å². The van der Waals surface area contributed by atoms with Crippen molar-refractivity contribution in [2.75, 3.05) is 6.54 Å². The van der Waals surface area contributed by atoms with Gasteiger partial charge >= 0.3 is 0 Å². The van der Waals surface area contributed by atoms with E-state index in [1.54, 1.807) is 12.1 Å². The second-order valence-corrected chi connectivity index (χ2v) is 5.87.